The van der Waals surface area contributed by atoms with Crippen LogP contribution in [-0.4, -0.2) is 60.9 Å². The predicted octanol–water partition coefficient (Wildman–Crippen LogP) is 1.19. The molecule has 4 rings (SSSR count). The van der Waals surface area contributed by atoms with Crippen LogP contribution in [0, 0.1) is 0 Å². The number of piperidine rings is 1. The highest BCUT2D eigenvalue weighted by molar-refractivity contribution is 6.01. The molecule has 3 aliphatic heterocycles. The molecule has 0 radical (unpaired) electrons. The van der Waals surface area contributed by atoms with Crippen LogP contribution in [0.4, 0.5) is 5.69 Å². The van der Waals surface area contributed by atoms with Gasteiger partial charge in [-0.1, -0.05) is 6.58 Å². The summed E-state index contributed by atoms with van der Waals surface area (Å²) in [5.41, 5.74) is 3.67. The zero-order valence-electron chi connectivity index (χ0n) is 14.6. The van der Waals surface area contributed by atoms with Crippen LogP contribution in [0.15, 0.2) is 30.5 Å². The Morgan fingerprint density at radius 2 is 1.92 bits per heavy atom. The van der Waals surface area contributed by atoms with E-state index < -0.39 is 6.04 Å². The van der Waals surface area contributed by atoms with Gasteiger partial charge in [0, 0.05) is 49.7 Å². The first-order chi connectivity index (χ1) is 12.0. The molecule has 1 N–H and O–H groups in total. The molecule has 3 aliphatic rings. The third kappa shape index (κ3) is 2.91. The second-order valence-corrected chi connectivity index (χ2v) is 7.21. The fraction of sp³-hybridized carbons (Fsp3) is 0.474. The van der Waals surface area contributed by atoms with Gasteiger partial charge in [-0.05, 0) is 43.7 Å². The van der Waals surface area contributed by atoms with Gasteiger partial charge >= 0.3 is 0 Å². The van der Waals surface area contributed by atoms with Crippen LogP contribution in [0.2, 0.25) is 0 Å². The lowest BCUT2D eigenvalue weighted by atomic mass is 10.0. The molecule has 0 aromatic heterocycles. The van der Waals surface area contributed by atoms with Crippen LogP contribution in [0.5, 0.6) is 0 Å². The molecule has 3 heterocycles. The van der Waals surface area contributed by atoms with Gasteiger partial charge in [-0.25, -0.2) is 0 Å². The van der Waals surface area contributed by atoms with Crippen molar-refractivity contribution >= 4 is 17.5 Å². The van der Waals surface area contributed by atoms with Gasteiger partial charge in [-0.3, -0.25) is 9.59 Å². The largest absolute Gasteiger partial charge is 0.369 e. The van der Waals surface area contributed by atoms with Crippen LogP contribution < -0.4 is 10.2 Å². The Morgan fingerprint density at radius 3 is 2.64 bits per heavy atom. The number of benzene rings is 1. The molecule has 1 unspecified atom stereocenters. The molecular formula is C19H24N4O2. The first-order valence-corrected chi connectivity index (χ1v) is 8.89. The summed E-state index contributed by atoms with van der Waals surface area (Å²) >= 11 is 0. The van der Waals surface area contributed by atoms with E-state index >= 15 is 0 Å². The molecule has 6 heteroatoms. The smallest absolute Gasteiger partial charge is 0.255 e. The van der Waals surface area contributed by atoms with E-state index in [4.69, 9.17) is 0 Å². The lowest BCUT2D eigenvalue weighted by molar-refractivity contribution is -0.126. The van der Waals surface area contributed by atoms with Crippen LogP contribution in [0.1, 0.15) is 28.8 Å². The molecule has 0 bridgehead atoms. The Morgan fingerprint density at radius 1 is 1.16 bits per heavy atom. The zero-order valence-corrected chi connectivity index (χ0v) is 14.6. The van der Waals surface area contributed by atoms with Gasteiger partial charge in [0.15, 0.2) is 0 Å². The first-order valence-electron chi connectivity index (χ1n) is 8.89. The maximum atomic E-state index is 12.8. The van der Waals surface area contributed by atoms with E-state index in [0.29, 0.717) is 13.0 Å². The third-order valence-electron chi connectivity index (χ3n) is 5.49. The summed E-state index contributed by atoms with van der Waals surface area (Å²) in [6.07, 6.45) is 1.37. The van der Waals surface area contributed by atoms with Crippen molar-refractivity contribution in [3.8, 4) is 0 Å². The number of likely N-dealkylation sites (N-methyl/N-ethyl adjacent to an activating group) is 1. The summed E-state index contributed by atoms with van der Waals surface area (Å²) in [4.78, 5) is 31.4. The van der Waals surface area contributed by atoms with Crippen LogP contribution in [0.25, 0.3) is 0 Å². The van der Waals surface area contributed by atoms with Crippen molar-refractivity contribution in [2.75, 3.05) is 38.1 Å². The van der Waals surface area contributed by atoms with E-state index in [0.717, 1.165) is 49.4 Å². The van der Waals surface area contributed by atoms with Crippen molar-refractivity contribution in [2.45, 2.75) is 25.4 Å². The molecule has 1 atom stereocenters. The van der Waals surface area contributed by atoms with E-state index in [9.17, 15) is 9.59 Å². The molecule has 1 aromatic rings. The number of hydrogen-bond donors (Lipinski definition) is 1. The summed E-state index contributed by atoms with van der Waals surface area (Å²) in [7, 11) is 2.14. The topological polar surface area (TPSA) is 55.9 Å². The summed E-state index contributed by atoms with van der Waals surface area (Å²) < 4.78 is 0. The fourth-order valence-corrected chi connectivity index (χ4v) is 3.90. The monoisotopic (exact) mass is 340 g/mol. The molecule has 2 saturated heterocycles. The summed E-state index contributed by atoms with van der Waals surface area (Å²) in [6.45, 7) is 8.42. The van der Waals surface area contributed by atoms with Crippen molar-refractivity contribution < 1.29 is 9.59 Å². The maximum absolute atomic E-state index is 12.8. The Bertz CT molecular complexity index is 737. The number of piperazine rings is 1. The minimum absolute atomic E-state index is 0.0346. The Hall–Kier alpha value is -2.34. The highest BCUT2D eigenvalue weighted by Crippen LogP contribution is 2.31. The molecule has 0 aliphatic carbocycles. The zero-order chi connectivity index (χ0) is 17.6. The summed E-state index contributed by atoms with van der Waals surface area (Å²) in [6, 6.07) is 5.69. The van der Waals surface area contributed by atoms with Crippen LogP contribution in [-0.2, 0) is 11.3 Å². The van der Waals surface area contributed by atoms with Crippen molar-refractivity contribution in [2.24, 2.45) is 0 Å². The fourth-order valence-electron chi connectivity index (χ4n) is 3.90. The molecule has 6 nitrogen and oxygen atoms in total. The molecule has 0 saturated carbocycles. The predicted molar refractivity (Wildman–Crippen MR) is 96.3 cm³/mol. The second-order valence-electron chi connectivity index (χ2n) is 7.21. The van der Waals surface area contributed by atoms with E-state index in [1.807, 2.05) is 12.1 Å². The molecule has 0 spiro atoms. The van der Waals surface area contributed by atoms with E-state index in [1.165, 1.54) is 5.69 Å². The first kappa shape index (κ1) is 16.1. The number of nitrogens with zero attached hydrogens (tertiary/aromatic N) is 3. The minimum atomic E-state index is -0.391. The van der Waals surface area contributed by atoms with Gasteiger partial charge in [0.25, 0.3) is 5.91 Å². The average Bonchev–Trinajstić information content (AvgIpc) is 2.92. The lowest BCUT2D eigenvalue weighted by Gasteiger charge is -2.34. The Balaban J connectivity index is 1.53. The van der Waals surface area contributed by atoms with Gasteiger partial charge in [0.05, 0.1) is 0 Å². The number of carbonyl (C=O) groups excluding carboxylic acids is 2. The summed E-state index contributed by atoms with van der Waals surface area (Å²) in [5, 5.41) is 2.78. The lowest BCUT2D eigenvalue weighted by Crippen LogP contribution is -2.49. The van der Waals surface area contributed by atoms with Crippen molar-refractivity contribution in [3.63, 3.8) is 0 Å². The second kappa shape index (κ2) is 6.19. The van der Waals surface area contributed by atoms with Gasteiger partial charge in [-0.2, -0.15) is 0 Å². The van der Waals surface area contributed by atoms with Crippen LogP contribution in [0.3, 0.4) is 0 Å². The molecule has 1 aromatic carbocycles. The van der Waals surface area contributed by atoms with E-state index in [2.05, 4.69) is 34.8 Å². The van der Waals surface area contributed by atoms with Crippen LogP contribution >= 0.6 is 0 Å². The number of hydrogen-bond acceptors (Lipinski definition) is 4. The number of anilines is 1. The van der Waals surface area contributed by atoms with Crippen molar-refractivity contribution in [1.29, 1.82) is 0 Å². The normalized spacial score (nSPS) is 24.5. The number of carbonyl (C=O) groups is 2. The number of rotatable bonds is 2. The highest BCUT2D eigenvalue weighted by Gasteiger charge is 2.38. The van der Waals surface area contributed by atoms with Gasteiger partial charge in [-0.15, -0.1) is 0 Å². The number of allylic oxidation sites excluding steroid dienone is 1. The third-order valence-corrected chi connectivity index (χ3v) is 5.49. The number of nitrogens with one attached hydrogen (secondary N) is 1. The molecule has 25 heavy (non-hydrogen) atoms. The van der Waals surface area contributed by atoms with Gasteiger partial charge in [0.1, 0.15) is 6.04 Å². The molecule has 132 valence electrons. The van der Waals surface area contributed by atoms with Gasteiger partial charge < -0.3 is 20.0 Å². The minimum Gasteiger partial charge on any atom is -0.369 e. The van der Waals surface area contributed by atoms with E-state index in [-0.39, 0.29) is 11.8 Å². The molecule has 2 amide bonds. The highest BCUT2D eigenvalue weighted by atomic mass is 16.2. The molecule has 2 fully saturated rings. The SMILES string of the molecule is C=C1CCC(N2Cc3cc(N4CCN(C)CC4)ccc3C2=O)C(=O)N1. The van der Waals surface area contributed by atoms with Gasteiger partial charge in [0.2, 0.25) is 5.91 Å². The Kier molecular flexibility index (Phi) is 4.00. The Labute approximate surface area is 148 Å². The quantitative estimate of drug-likeness (QED) is 0.879. The average molecular weight is 340 g/mol. The molecular weight excluding hydrogens is 316 g/mol. The summed E-state index contributed by atoms with van der Waals surface area (Å²) in [5.74, 6) is -0.149. The van der Waals surface area contributed by atoms with Crippen molar-refractivity contribution in [1.82, 2.24) is 15.1 Å². The number of amides is 2. The van der Waals surface area contributed by atoms with Crippen molar-refractivity contribution in [3.05, 3.63) is 41.6 Å². The standard InChI is InChI=1S/C19H24N4O2/c1-13-3-6-17(18(24)20-13)23-12-14-11-15(4-5-16(14)19(23)25)22-9-7-21(2)8-10-22/h4-5,11,17H,1,3,6-10,12H2,2H3,(H,20,24). The number of fused-ring (bicyclic) bond motifs is 1. The van der Waals surface area contributed by atoms with E-state index in [1.54, 1.807) is 4.90 Å². The maximum Gasteiger partial charge on any atom is 0.255 e.